The van der Waals surface area contributed by atoms with Gasteiger partial charge in [0.15, 0.2) is 0 Å². The van der Waals surface area contributed by atoms with E-state index >= 15 is 0 Å². The molecule has 0 radical (unpaired) electrons. The number of carbonyl (C=O) groups excluding carboxylic acids is 1. The molecule has 0 aliphatic carbocycles. The Morgan fingerprint density at radius 3 is 2.21 bits per heavy atom. The monoisotopic (exact) mass is 379 g/mol. The smallest absolute Gasteiger partial charge is 0.410 e. The number of amides is 1. The van der Waals surface area contributed by atoms with Crippen LogP contribution in [0.25, 0.3) is 11.1 Å². The molecule has 2 unspecified atom stereocenters. The van der Waals surface area contributed by atoms with Crippen LogP contribution in [0, 0.1) is 0 Å². The van der Waals surface area contributed by atoms with Gasteiger partial charge in [-0.25, -0.2) is 4.79 Å². The fraction of sp³-hybridized carbons (Fsp3) is 0.458. The Morgan fingerprint density at radius 2 is 1.61 bits per heavy atom. The molecule has 1 amide bonds. The van der Waals surface area contributed by atoms with E-state index in [1.807, 2.05) is 56.0 Å². The molecule has 2 atom stereocenters. The molecule has 4 heteroatoms. The van der Waals surface area contributed by atoms with E-state index in [9.17, 15) is 9.90 Å². The van der Waals surface area contributed by atoms with Crippen LogP contribution in [0.1, 0.15) is 52.0 Å². The van der Waals surface area contributed by atoms with E-state index < -0.39 is 11.2 Å². The minimum Gasteiger partial charge on any atom is -0.444 e. The summed E-state index contributed by atoms with van der Waals surface area (Å²) >= 11 is 0. The molecule has 2 saturated heterocycles. The van der Waals surface area contributed by atoms with E-state index in [2.05, 4.69) is 24.3 Å². The first-order valence-electron chi connectivity index (χ1n) is 10.1. The van der Waals surface area contributed by atoms with Crippen LogP contribution >= 0.6 is 0 Å². The van der Waals surface area contributed by atoms with Crippen molar-refractivity contribution in [3.63, 3.8) is 0 Å². The summed E-state index contributed by atoms with van der Waals surface area (Å²) in [4.78, 5) is 14.6. The van der Waals surface area contributed by atoms with Gasteiger partial charge in [0.05, 0.1) is 5.60 Å². The first-order chi connectivity index (χ1) is 13.3. The van der Waals surface area contributed by atoms with E-state index in [1.165, 1.54) is 0 Å². The van der Waals surface area contributed by atoms with E-state index in [0.29, 0.717) is 12.8 Å². The molecule has 148 valence electrons. The number of aliphatic hydroxyl groups is 1. The Morgan fingerprint density at radius 1 is 1.00 bits per heavy atom. The topological polar surface area (TPSA) is 49.8 Å². The van der Waals surface area contributed by atoms with Crippen LogP contribution < -0.4 is 0 Å². The van der Waals surface area contributed by atoms with E-state index in [-0.39, 0.29) is 18.2 Å². The van der Waals surface area contributed by atoms with Crippen molar-refractivity contribution in [3.05, 3.63) is 60.2 Å². The molecule has 2 bridgehead atoms. The second kappa shape index (κ2) is 6.93. The summed E-state index contributed by atoms with van der Waals surface area (Å²) in [6, 6.07) is 18.5. The molecule has 2 aromatic carbocycles. The van der Waals surface area contributed by atoms with Crippen LogP contribution in [-0.4, -0.2) is 33.8 Å². The van der Waals surface area contributed by atoms with Gasteiger partial charge in [-0.2, -0.15) is 0 Å². The van der Waals surface area contributed by atoms with Crippen molar-refractivity contribution >= 4 is 6.09 Å². The molecule has 0 spiro atoms. The van der Waals surface area contributed by atoms with Gasteiger partial charge in [0, 0.05) is 24.9 Å². The van der Waals surface area contributed by atoms with Crippen molar-refractivity contribution in [1.29, 1.82) is 0 Å². The van der Waals surface area contributed by atoms with Crippen LogP contribution in [0.4, 0.5) is 4.79 Å². The predicted octanol–water partition coefficient (Wildman–Crippen LogP) is 5.10. The maximum atomic E-state index is 12.7. The third-order valence-corrected chi connectivity index (χ3v) is 5.88. The number of nitrogens with zero attached hydrogens (tertiary/aromatic N) is 1. The lowest BCUT2D eigenvalue weighted by Crippen LogP contribution is -2.53. The molecule has 2 aromatic rings. The second-order valence-electron chi connectivity index (χ2n) is 9.16. The number of hydrogen-bond donors (Lipinski definition) is 1. The van der Waals surface area contributed by atoms with Crippen LogP contribution in [-0.2, 0) is 10.3 Å². The summed E-state index contributed by atoms with van der Waals surface area (Å²) in [6.45, 7) is 5.67. The molecule has 2 fully saturated rings. The first kappa shape index (κ1) is 19.0. The zero-order chi connectivity index (χ0) is 19.9. The van der Waals surface area contributed by atoms with Crippen molar-refractivity contribution in [2.24, 2.45) is 0 Å². The van der Waals surface area contributed by atoms with Crippen LogP contribution in [0.2, 0.25) is 0 Å². The van der Waals surface area contributed by atoms with Crippen molar-refractivity contribution in [2.45, 2.75) is 69.7 Å². The number of ether oxygens (including phenoxy) is 1. The number of fused-ring (bicyclic) bond motifs is 2. The van der Waals surface area contributed by atoms with Crippen LogP contribution in [0.5, 0.6) is 0 Å². The highest BCUT2D eigenvalue weighted by molar-refractivity contribution is 5.70. The van der Waals surface area contributed by atoms with Crippen molar-refractivity contribution in [1.82, 2.24) is 4.90 Å². The third kappa shape index (κ3) is 3.66. The normalized spacial score (nSPS) is 26.9. The van der Waals surface area contributed by atoms with Gasteiger partial charge in [-0.15, -0.1) is 0 Å². The van der Waals surface area contributed by atoms with Gasteiger partial charge in [0.25, 0.3) is 0 Å². The summed E-state index contributed by atoms with van der Waals surface area (Å²) in [5.41, 5.74) is 1.77. The van der Waals surface area contributed by atoms with Crippen LogP contribution in [0.3, 0.4) is 0 Å². The molecule has 0 saturated carbocycles. The Hall–Kier alpha value is -2.33. The molecule has 4 rings (SSSR count). The molecule has 28 heavy (non-hydrogen) atoms. The van der Waals surface area contributed by atoms with Gasteiger partial charge in [0.2, 0.25) is 0 Å². The quantitative estimate of drug-likeness (QED) is 0.789. The standard InChI is InChI=1S/C24H29NO3/c1-23(2,3)28-22(26)25-20-12-13-21(25)16-24(27,15-20)19-11-7-10-18(14-19)17-8-5-4-6-9-17/h4-11,14,20-21,27H,12-13,15-16H2,1-3H3. The minimum atomic E-state index is -0.908. The zero-order valence-corrected chi connectivity index (χ0v) is 16.9. The Kier molecular flexibility index (Phi) is 4.70. The van der Waals surface area contributed by atoms with Gasteiger partial charge in [-0.1, -0.05) is 48.5 Å². The number of carbonyl (C=O) groups is 1. The highest BCUT2D eigenvalue weighted by Gasteiger charge is 2.51. The summed E-state index contributed by atoms with van der Waals surface area (Å²) in [6.07, 6.45) is 2.71. The predicted molar refractivity (Wildman–Crippen MR) is 110 cm³/mol. The Labute approximate surface area is 167 Å². The molecule has 2 aliphatic rings. The third-order valence-electron chi connectivity index (χ3n) is 5.88. The van der Waals surface area contributed by atoms with E-state index in [1.54, 1.807) is 0 Å². The summed E-state index contributed by atoms with van der Waals surface area (Å²) in [7, 11) is 0. The molecule has 1 N–H and O–H groups in total. The summed E-state index contributed by atoms with van der Waals surface area (Å²) < 4.78 is 5.61. The fourth-order valence-corrected chi connectivity index (χ4v) is 4.69. The summed E-state index contributed by atoms with van der Waals surface area (Å²) in [5, 5.41) is 11.5. The lowest BCUT2D eigenvalue weighted by atomic mass is 9.80. The maximum Gasteiger partial charge on any atom is 0.410 e. The lowest BCUT2D eigenvalue weighted by molar-refractivity contribution is -0.0624. The lowest BCUT2D eigenvalue weighted by Gasteiger charge is -2.44. The molecule has 0 aromatic heterocycles. The largest absolute Gasteiger partial charge is 0.444 e. The molecular formula is C24H29NO3. The zero-order valence-electron chi connectivity index (χ0n) is 16.9. The van der Waals surface area contributed by atoms with Gasteiger partial charge in [-0.05, 0) is 56.4 Å². The van der Waals surface area contributed by atoms with Gasteiger partial charge in [0.1, 0.15) is 5.60 Å². The van der Waals surface area contributed by atoms with E-state index in [0.717, 1.165) is 29.5 Å². The minimum absolute atomic E-state index is 0.0268. The molecular weight excluding hydrogens is 350 g/mol. The first-order valence-corrected chi connectivity index (χ1v) is 10.1. The molecule has 4 nitrogen and oxygen atoms in total. The number of benzene rings is 2. The summed E-state index contributed by atoms with van der Waals surface area (Å²) in [5.74, 6) is 0. The number of rotatable bonds is 2. The SMILES string of the molecule is CC(C)(C)OC(=O)N1C2CCC1CC(O)(c1cccc(-c3ccccc3)c1)C2. The average Bonchev–Trinajstić information content (AvgIpc) is 2.94. The van der Waals surface area contributed by atoms with Gasteiger partial charge in [-0.3, -0.25) is 0 Å². The van der Waals surface area contributed by atoms with Crippen molar-refractivity contribution in [2.75, 3.05) is 0 Å². The number of hydrogen-bond acceptors (Lipinski definition) is 3. The number of piperidine rings is 1. The van der Waals surface area contributed by atoms with E-state index in [4.69, 9.17) is 4.74 Å². The van der Waals surface area contributed by atoms with Crippen molar-refractivity contribution in [3.8, 4) is 11.1 Å². The Balaban J connectivity index is 1.57. The molecule has 2 aliphatic heterocycles. The highest BCUT2D eigenvalue weighted by Crippen LogP contribution is 2.46. The van der Waals surface area contributed by atoms with Gasteiger partial charge < -0.3 is 14.7 Å². The Bertz CT molecular complexity index is 842. The molecule has 2 heterocycles. The fourth-order valence-electron chi connectivity index (χ4n) is 4.69. The highest BCUT2D eigenvalue weighted by atomic mass is 16.6. The average molecular weight is 380 g/mol. The second-order valence-corrected chi connectivity index (χ2v) is 9.16. The maximum absolute atomic E-state index is 12.7. The van der Waals surface area contributed by atoms with Crippen molar-refractivity contribution < 1.29 is 14.6 Å². The van der Waals surface area contributed by atoms with Gasteiger partial charge >= 0.3 is 6.09 Å². The van der Waals surface area contributed by atoms with Crippen LogP contribution in [0.15, 0.2) is 54.6 Å².